The predicted octanol–water partition coefficient (Wildman–Crippen LogP) is 6.31. The van der Waals surface area contributed by atoms with E-state index in [1.807, 2.05) is 13.0 Å². The third kappa shape index (κ3) is 5.41. The summed E-state index contributed by atoms with van der Waals surface area (Å²) in [5, 5.41) is 0.962. The Kier molecular flexibility index (Phi) is 7.04. The number of benzene rings is 2. The molecule has 0 saturated carbocycles. The van der Waals surface area contributed by atoms with Crippen LogP contribution in [0, 0.1) is 0 Å². The van der Waals surface area contributed by atoms with Crippen molar-refractivity contribution in [2.45, 2.75) is 38.5 Å². The van der Waals surface area contributed by atoms with Gasteiger partial charge in [0.25, 0.3) is 0 Å². The Morgan fingerprint density at radius 3 is 1.50 bits per heavy atom. The smallest absolute Gasteiger partial charge is 0.166 e. The molecule has 0 spiro atoms. The lowest BCUT2D eigenvalue weighted by molar-refractivity contribution is -0.138. The summed E-state index contributed by atoms with van der Waals surface area (Å²) in [7, 11) is -3.16. The summed E-state index contributed by atoms with van der Waals surface area (Å²) in [5.74, 6) is 0. The maximum atomic E-state index is 12.8. The van der Waals surface area contributed by atoms with Gasteiger partial charge in [0.2, 0.25) is 7.38 Å². The van der Waals surface area contributed by atoms with Gasteiger partial charge in [0, 0.05) is 0 Å². The summed E-state index contributed by atoms with van der Waals surface area (Å²) in [6.07, 6.45) is -4.47. The van der Waals surface area contributed by atoms with Gasteiger partial charge in [-0.25, -0.2) is 0 Å². The van der Waals surface area contributed by atoms with Crippen LogP contribution in [0.5, 0.6) is 0 Å². The van der Waals surface area contributed by atoms with E-state index in [1.165, 1.54) is 24.3 Å². The van der Waals surface area contributed by atoms with Crippen LogP contribution in [-0.2, 0) is 12.4 Å². The van der Waals surface area contributed by atoms with Gasteiger partial charge in [0.1, 0.15) is 0 Å². The van der Waals surface area contributed by atoms with Crippen molar-refractivity contribution in [1.29, 1.82) is 0 Å². The summed E-state index contributed by atoms with van der Waals surface area (Å²) < 4.78 is 77.0. The van der Waals surface area contributed by atoms with Crippen LogP contribution in [-0.4, -0.2) is 7.38 Å². The second-order valence-electron chi connectivity index (χ2n) is 6.41. The van der Waals surface area contributed by atoms with Gasteiger partial charge in [-0.05, 0) is 16.8 Å². The molecule has 0 amide bonds. The molecule has 0 fully saturated rings. The first-order valence-electron chi connectivity index (χ1n) is 8.70. The summed E-state index contributed by atoms with van der Waals surface area (Å²) in [6.45, 7) is 2.02. The molecule has 152 valence electrons. The van der Waals surface area contributed by atoms with Crippen LogP contribution < -0.4 is 10.4 Å². The van der Waals surface area contributed by atoms with E-state index < -0.39 is 30.9 Å². The zero-order valence-corrected chi connectivity index (χ0v) is 16.8. The molecule has 8 heteroatoms. The molecular formula is C20H19ClF6Si. The lowest BCUT2D eigenvalue weighted by Crippen LogP contribution is -2.52. The Labute approximate surface area is 165 Å². The Bertz CT molecular complexity index is 734. The molecule has 0 aliphatic carbocycles. The summed E-state index contributed by atoms with van der Waals surface area (Å²) in [4.78, 5) is 0. The Morgan fingerprint density at radius 1 is 0.786 bits per heavy atom. The molecule has 0 bridgehead atoms. The van der Waals surface area contributed by atoms with Crippen LogP contribution in [0.15, 0.2) is 60.3 Å². The van der Waals surface area contributed by atoms with E-state index in [-0.39, 0.29) is 0 Å². The third-order valence-corrected chi connectivity index (χ3v) is 9.07. The van der Waals surface area contributed by atoms with Gasteiger partial charge >= 0.3 is 12.4 Å². The van der Waals surface area contributed by atoms with Gasteiger partial charge in [-0.1, -0.05) is 80.1 Å². The Morgan fingerprint density at radius 2 is 1.18 bits per heavy atom. The van der Waals surface area contributed by atoms with Crippen molar-refractivity contribution in [3.63, 3.8) is 0 Å². The van der Waals surface area contributed by atoms with Crippen molar-refractivity contribution in [1.82, 2.24) is 0 Å². The average Bonchev–Trinajstić information content (AvgIpc) is 2.64. The van der Waals surface area contributed by atoms with Gasteiger partial charge < -0.3 is 0 Å². The summed E-state index contributed by atoms with van der Waals surface area (Å²) >= 11 is 6.89. The largest absolute Gasteiger partial charge is 0.416 e. The molecule has 2 rings (SSSR count). The van der Waals surface area contributed by atoms with E-state index in [1.54, 1.807) is 5.70 Å². The molecule has 0 radical (unpaired) electrons. The number of unbranched alkanes of at least 4 members (excludes halogenated alkanes) is 2. The molecule has 0 heterocycles. The zero-order chi connectivity index (χ0) is 21.0. The lowest BCUT2D eigenvalue weighted by atomic mass is 10.2. The summed E-state index contributed by atoms with van der Waals surface area (Å²) in [5.41, 5.74) is 0.161. The van der Waals surface area contributed by atoms with E-state index in [2.05, 4.69) is 0 Å². The molecule has 0 aromatic heterocycles. The highest BCUT2D eigenvalue weighted by Crippen LogP contribution is 2.30. The van der Waals surface area contributed by atoms with Gasteiger partial charge in [-0.3, -0.25) is 0 Å². The van der Waals surface area contributed by atoms with Gasteiger partial charge in [-0.15, -0.1) is 11.1 Å². The van der Waals surface area contributed by atoms with Crippen molar-refractivity contribution >= 4 is 28.8 Å². The van der Waals surface area contributed by atoms with E-state index in [9.17, 15) is 26.3 Å². The van der Waals surface area contributed by atoms with Crippen LogP contribution in [0.3, 0.4) is 0 Å². The van der Waals surface area contributed by atoms with Crippen LogP contribution in [0.1, 0.15) is 37.3 Å². The standard InChI is InChI=1S/C20H19ClF6Si/c1-2-3-4-5-14-28(21,17-10-6-15(7-11-17)19(22,23)24)18-12-8-16(9-13-18)20(25,26)27/h5-14H,2-4H2,1H3/b14-5+. The fraction of sp³-hybridized carbons (Fsp3) is 0.300. The molecule has 0 atom stereocenters. The number of rotatable bonds is 6. The number of alkyl halides is 6. The highest BCUT2D eigenvalue weighted by molar-refractivity contribution is 7.36. The summed E-state index contributed by atoms with van der Waals surface area (Å²) in [6, 6.07) is 9.03. The molecule has 2 aromatic carbocycles. The van der Waals surface area contributed by atoms with E-state index in [0.717, 1.165) is 43.5 Å². The van der Waals surface area contributed by atoms with Gasteiger partial charge in [-0.2, -0.15) is 26.3 Å². The maximum absolute atomic E-state index is 12.8. The zero-order valence-electron chi connectivity index (χ0n) is 15.0. The molecule has 0 nitrogen and oxygen atoms in total. The highest BCUT2D eigenvalue weighted by Gasteiger charge is 2.36. The quantitative estimate of drug-likeness (QED) is 0.215. The predicted molar refractivity (Wildman–Crippen MR) is 102 cm³/mol. The maximum Gasteiger partial charge on any atom is 0.416 e. The van der Waals surface area contributed by atoms with Crippen molar-refractivity contribution in [3.05, 3.63) is 71.4 Å². The van der Waals surface area contributed by atoms with E-state index in [0.29, 0.717) is 10.4 Å². The van der Waals surface area contributed by atoms with Crippen LogP contribution in [0.2, 0.25) is 0 Å². The Hall–Kier alpha value is -1.73. The molecule has 28 heavy (non-hydrogen) atoms. The highest BCUT2D eigenvalue weighted by atomic mass is 35.6. The second-order valence-corrected chi connectivity index (χ2v) is 11.1. The topological polar surface area (TPSA) is 0 Å². The molecule has 2 aromatic rings. The van der Waals surface area contributed by atoms with Crippen molar-refractivity contribution in [2.24, 2.45) is 0 Å². The first kappa shape index (κ1) is 22.6. The van der Waals surface area contributed by atoms with Gasteiger partial charge in [0.15, 0.2) is 0 Å². The number of halogens is 7. The lowest BCUT2D eigenvalue weighted by Gasteiger charge is -2.23. The van der Waals surface area contributed by atoms with E-state index in [4.69, 9.17) is 11.1 Å². The van der Waals surface area contributed by atoms with Crippen molar-refractivity contribution < 1.29 is 26.3 Å². The normalized spacial score (nSPS) is 13.3. The Balaban J connectivity index is 2.47. The molecular weight excluding hydrogens is 418 g/mol. The van der Waals surface area contributed by atoms with Gasteiger partial charge in [0.05, 0.1) is 11.1 Å². The van der Waals surface area contributed by atoms with E-state index >= 15 is 0 Å². The minimum atomic E-state index is -4.47. The average molecular weight is 437 g/mol. The van der Waals surface area contributed by atoms with Crippen LogP contribution >= 0.6 is 11.1 Å². The van der Waals surface area contributed by atoms with Crippen molar-refractivity contribution in [3.8, 4) is 0 Å². The van der Waals surface area contributed by atoms with Crippen LogP contribution in [0.4, 0.5) is 26.3 Å². The minimum Gasteiger partial charge on any atom is -0.166 e. The molecule has 0 aliphatic heterocycles. The monoisotopic (exact) mass is 436 g/mol. The minimum absolute atomic E-state index is 0.481. The molecule has 0 unspecified atom stereocenters. The SMILES string of the molecule is CCCC/C=C/[Si](Cl)(c1ccc(C(F)(F)F)cc1)c1ccc(C(F)(F)F)cc1. The third-order valence-electron chi connectivity index (χ3n) is 4.34. The number of hydrogen-bond acceptors (Lipinski definition) is 0. The van der Waals surface area contributed by atoms with Crippen LogP contribution in [0.25, 0.3) is 0 Å². The first-order chi connectivity index (χ1) is 13.0. The number of allylic oxidation sites excluding steroid dienone is 1. The molecule has 0 saturated heterocycles. The fourth-order valence-corrected chi connectivity index (χ4v) is 6.27. The second kappa shape index (κ2) is 8.74. The molecule has 0 aliphatic rings. The number of hydrogen-bond donors (Lipinski definition) is 0. The fourth-order valence-electron chi connectivity index (χ4n) is 2.73. The molecule has 0 N–H and O–H groups in total. The first-order valence-corrected chi connectivity index (χ1v) is 11.8. The van der Waals surface area contributed by atoms with Crippen molar-refractivity contribution in [2.75, 3.05) is 0 Å².